The topological polar surface area (TPSA) is 169 Å². The summed E-state index contributed by atoms with van der Waals surface area (Å²) in [5, 5.41) is 10.1. The van der Waals surface area contributed by atoms with Crippen molar-refractivity contribution in [3.8, 4) is 11.3 Å². The summed E-state index contributed by atoms with van der Waals surface area (Å²) < 4.78 is 87.7. The van der Waals surface area contributed by atoms with Crippen molar-refractivity contribution in [1.82, 2.24) is 24.4 Å². The fourth-order valence-electron chi connectivity index (χ4n) is 4.42. The first-order valence-corrected chi connectivity index (χ1v) is 14.2. The zero-order chi connectivity index (χ0) is 31.0. The normalized spacial score (nSPS) is 17.1. The van der Waals surface area contributed by atoms with Gasteiger partial charge >= 0.3 is 12.1 Å². The van der Waals surface area contributed by atoms with Gasteiger partial charge in [-0.05, 0) is 49.8 Å². The van der Waals surface area contributed by atoms with Gasteiger partial charge in [0.1, 0.15) is 5.69 Å². The van der Waals surface area contributed by atoms with Crippen LogP contribution in [0.1, 0.15) is 48.2 Å². The SMILES string of the molecule is Cc1ccc(S(=O)(=O)NCC2CC(F)(F)C2)cc1-c1cnc2c(N)nc(C(=O)NC3CCC3)cn12.O=C(O)C(F)(F)F. The molecule has 2 aliphatic carbocycles. The average molecular weight is 619 g/mol. The number of benzene rings is 1. The second kappa shape index (κ2) is 11.4. The molecule has 2 aliphatic rings. The van der Waals surface area contributed by atoms with E-state index < -0.39 is 28.1 Å². The maximum absolute atomic E-state index is 13.1. The molecule has 1 amide bonds. The Morgan fingerprint density at radius 3 is 2.40 bits per heavy atom. The molecule has 5 N–H and O–H groups in total. The molecule has 0 radical (unpaired) electrons. The minimum Gasteiger partial charge on any atom is -0.475 e. The molecular formula is C25H27F5N6O5S. The molecule has 0 saturated heterocycles. The molecule has 11 nitrogen and oxygen atoms in total. The Morgan fingerprint density at radius 2 is 1.86 bits per heavy atom. The molecule has 17 heteroatoms. The average Bonchev–Trinajstić information content (AvgIpc) is 3.28. The highest BCUT2D eigenvalue weighted by Gasteiger charge is 2.45. The van der Waals surface area contributed by atoms with Crippen LogP contribution < -0.4 is 15.8 Å². The van der Waals surface area contributed by atoms with E-state index in [-0.39, 0.29) is 53.7 Å². The number of amides is 1. The number of carboxylic acid groups (broad SMARTS) is 1. The van der Waals surface area contributed by atoms with Crippen LogP contribution in [0.3, 0.4) is 0 Å². The van der Waals surface area contributed by atoms with Crippen LogP contribution in [0.5, 0.6) is 0 Å². The number of carbonyl (C=O) groups is 2. The predicted octanol–water partition coefficient (Wildman–Crippen LogP) is 3.53. The van der Waals surface area contributed by atoms with Crippen molar-refractivity contribution in [2.75, 3.05) is 12.3 Å². The van der Waals surface area contributed by atoms with Crippen molar-refractivity contribution in [3.05, 3.63) is 41.9 Å². The molecule has 2 aromatic heterocycles. The lowest BCUT2D eigenvalue weighted by Crippen LogP contribution is -2.42. The largest absolute Gasteiger partial charge is 0.490 e. The molecular weight excluding hydrogens is 591 g/mol. The Labute approximate surface area is 236 Å². The molecule has 1 aromatic carbocycles. The van der Waals surface area contributed by atoms with E-state index in [0.717, 1.165) is 24.8 Å². The molecule has 0 atom stereocenters. The molecule has 5 rings (SSSR count). The van der Waals surface area contributed by atoms with E-state index in [2.05, 4.69) is 20.0 Å². The molecule has 228 valence electrons. The van der Waals surface area contributed by atoms with Gasteiger partial charge in [-0.1, -0.05) is 6.07 Å². The number of hydrogen-bond donors (Lipinski definition) is 4. The number of nitrogens with zero attached hydrogens (tertiary/aromatic N) is 3. The van der Waals surface area contributed by atoms with Gasteiger partial charge in [-0.15, -0.1) is 0 Å². The fraction of sp³-hybridized carbons (Fsp3) is 0.440. The number of nitrogens with one attached hydrogen (secondary N) is 2. The second-order valence-corrected chi connectivity index (χ2v) is 12.0. The fourth-order valence-corrected chi connectivity index (χ4v) is 5.56. The number of aryl methyl sites for hydroxylation is 1. The highest BCUT2D eigenvalue weighted by Crippen LogP contribution is 2.42. The van der Waals surface area contributed by atoms with E-state index in [1.54, 1.807) is 16.7 Å². The van der Waals surface area contributed by atoms with Gasteiger partial charge in [-0.3, -0.25) is 9.20 Å². The first kappa shape index (κ1) is 31.1. The van der Waals surface area contributed by atoms with Gasteiger partial charge in [0.15, 0.2) is 11.5 Å². The molecule has 3 aromatic rings. The van der Waals surface area contributed by atoms with E-state index in [9.17, 15) is 35.2 Å². The Morgan fingerprint density at radius 1 is 1.21 bits per heavy atom. The molecule has 0 aliphatic heterocycles. The van der Waals surface area contributed by atoms with Crippen LogP contribution in [0.25, 0.3) is 16.9 Å². The van der Waals surface area contributed by atoms with Gasteiger partial charge in [-0.25, -0.2) is 36.7 Å². The van der Waals surface area contributed by atoms with Crippen LogP contribution in [0.2, 0.25) is 0 Å². The number of carbonyl (C=O) groups excluding carboxylic acids is 1. The lowest BCUT2D eigenvalue weighted by atomic mass is 9.82. The molecule has 0 unspecified atom stereocenters. The van der Waals surface area contributed by atoms with Crippen molar-refractivity contribution in [2.24, 2.45) is 5.92 Å². The number of nitrogens with two attached hydrogens (primary N) is 1. The number of sulfonamides is 1. The second-order valence-electron chi connectivity index (χ2n) is 10.2. The molecule has 2 fully saturated rings. The summed E-state index contributed by atoms with van der Waals surface area (Å²) >= 11 is 0. The highest BCUT2D eigenvalue weighted by molar-refractivity contribution is 7.89. The van der Waals surface area contributed by atoms with Gasteiger partial charge in [0, 0.05) is 37.2 Å². The molecule has 0 spiro atoms. The van der Waals surface area contributed by atoms with Crippen LogP contribution in [-0.4, -0.2) is 64.5 Å². The van der Waals surface area contributed by atoms with Gasteiger partial charge in [0.25, 0.3) is 5.91 Å². The van der Waals surface area contributed by atoms with E-state index >= 15 is 0 Å². The zero-order valence-corrected chi connectivity index (χ0v) is 22.9. The Hall–Kier alpha value is -3.86. The number of aromatic nitrogens is 3. The van der Waals surface area contributed by atoms with Crippen molar-refractivity contribution >= 4 is 33.4 Å². The number of carboxylic acids is 1. The lowest BCUT2D eigenvalue weighted by Gasteiger charge is -2.34. The van der Waals surface area contributed by atoms with Gasteiger partial charge in [0.05, 0.1) is 16.8 Å². The van der Waals surface area contributed by atoms with Crippen LogP contribution in [0.15, 0.2) is 35.5 Å². The molecule has 2 saturated carbocycles. The van der Waals surface area contributed by atoms with E-state index in [1.165, 1.54) is 18.3 Å². The molecule has 2 heterocycles. The Balaban J connectivity index is 0.000000517. The smallest absolute Gasteiger partial charge is 0.475 e. The first-order valence-electron chi connectivity index (χ1n) is 12.7. The summed E-state index contributed by atoms with van der Waals surface area (Å²) in [5.41, 5.74) is 8.45. The highest BCUT2D eigenvalue weighted by atomic mass is 32.2. The Bertz CT molecular complexity index is 1610. The summed E-state index contributed by atoms with van der Waals surface area (Å²) in [6.07, 6.45) is 0.299. The van der Waals surface area contributed by atoms with Crippen molar-refractivity contribution in [2.45, 2.75) is 62.1 Å². The minimum atomic E-state index is -5.08. The van der Waals surface area contributed by atoms with Crippen molar-refractivity contribution < 1.29 is 45.1 Å². The molecule has 42 heavy (non-hydrogen) atoms. The monoisotopic (exact) mass is 618 g/mol. The maximum Gasteiger partial charge on any atom is 0.490 e. The number of alkyl halides is 5. The van der Waals surface area contributed by atoms with E-state index in [1.807, 2.05) is 6.92 Å². The lowest BCUT2D eigenvalue weighted by molar-refractivity contribution is -0.192. The van der Waals surface area contributed by atoms with Crippen molar-refractivity contribution in [1.29, 1.82) is 0 Å². The van der Waals surface area contributed by atoms with E-state index in [4.69, 9.17) is 15.6 Å². The van der Waals surface area contributed by atoms with Crippen LogP contribution in [0, 0.1) is 12.8 Å². The minimum absolute atomic E-state index is 0.00381. The number of aliphatic carboxylic acids is 1. The van der Waals surface area contributed by atoms with Gasteiger partial charge in [0.2, 0.25) is 15.9 Å². The standard InChI is InChI=1S/C23H26F2N6O3S.C2HF3O2/c1-13-5-6-16(35(33,34)28-10-14-8-23(24,25)9-14)7-17(13)19-11-27-21-20(26)30-18(12-31(19)21)22(32)29-15-3-2-4-15;3-2(4,5)1(6)7/h5-7,11-12,14-15,28H,2-4,8-10H2,1H3,(H2,26,30)(H,29,32);(H,6,7). The van der Waals surface area contributed by atoms with Gasteiger partial charge in [-0.2, -0.15) is 13.2 Å². The number of rotatable bonds is 7. The molecule has 0 bridgehead atoms. The number of halogens is 5. The third-order valence-corrected chi connectivity index (χ3v) is 8.39. The van der Waals surface area contributed by atoms with Crippen LogP contribution in [-0.2, 0) is 14.8 Å². The summed E-state index contributed by atoms with van der Waals surface area (Å²) in [6.45, 7) is 1.78. The quantitative estimate of drug-likeness (QED) is 0.292. The van der Waals surface area contributed by atoms with Crippen LogP contribution >= 0.6 is 0 Å². The number of fused-ring (bicyclic) bond motifs is 1. The zero-order valence-electron chi connectivity index (χ0n) is 22.1. The summed E-state index contributed by atoms with van der Waals surface area (Å²) in [7, 11) is -3.92. The summed E-state index contributed by atoms with van der Waals surface area (Å²) in [4.78, 5) is 30.1. The number of imidazole rings is 1. The number of anilines is 1. The van der Waals surface area contributed by atoms with Gasteiger partial charge < -0.3 is 16.2 Å². The predicted molar refractivity (Wildman–Crippen MR) is 139 cm³/mol. The third kappa shape index (κ3) is 6.95. The number of hydrogen-bond acceptors (Lipinski definition) is 7. The summed E-state index contributed by atoms with van der Waals surface area (Å²) in [5.74, 6) is -6.10. The maximum atomic E-state index is 13.1. The number of nitrogen functional groups attached to an aromatic ring is 1. The van der Waals surface area contributed by atoms with Crippen molar-refractivity contribution in [3.63, 3.8) is 0 Å². The first-order chi connectivity index (χ1) is 19.5. The Kier molecular flexibility index (Phi) is 8.46. The van der Waals surface area contributed by atoms with Crippen LogP contribution in [0.4, 0.5) is 27.8 Å². The third-order valence-electron chi connectivity index (χ3n) is 6.97. The van der Waals surface area contributed by atoms with E-state index in [0.29, 0.717) is 16.9 Å². The summed E-state index contributed by atoms with van der Waals surface area (Å²) in [6, 6.07) is 4.76.